The van der Waals surface area contributed by atoms with Crippen LogP contribution in [0.5, 0.6) is 0 Å². The smallest absolute Gasteiger partial charge is 0.155 e. The van der Waals surface area contributed by atoms with Crippen molar-refractivity contribution in [3.63, 3.8) is 0 Å². The van der Waals surface area contributed by atoms with Crippen molar-refractivity contribution in [2.45, 2.75) is 39.0 Å². The van der Waals surface area contributed by atoms with E-state index in [4.69, 9.17) is 0 Å². The molecule has 0 saturated heterocycles. The first-order valence-electron chi connectivity index (χ1n) is 4.05. The van der Waals surface area contributed by atoms with Crippen LogP contribution in [0.15, 0.2) is 11.6 Å². The van der Waals surface area contributed by atoms with Gasteiger partial charge in [-0.1, -0.05) is 12.5 Å². The molecule has 1 aliphatic carbocycles. The fourth-order valence-corrected chi connectivity index (χ4v) is 1.07. The summed E-state index contributed by atoms with van der Waals surface area (Å²) < 4.78 is 0. The largest absolute Gasteiger partial charge is 0.295 e. The van der Waals surface area contributed by atoms with E-state index in [0.717, 1.165) is 25.7 Å². The average Bonchev–Trinajstić information content (AvgIpc) is 1.80. The summed E-state index contributed by atoms with van der Waals surface area (Å²) in [7, 11) is 0. The molecular weight excluding hydrogens is 124 g/mol. The van der Waals surface area contributed by atoms with Crippen LogP contribution < -0.4 is 0 Å². The molecule has 0 amide bonds. The van der Waals surface area contributed by atoms with Crippen LogP contribution in [-0.2, 0) is 4.79 Å². The molecule has 0 heterocycles. The maximum Gasteiger partial charge on any atom is 0.155 e. The Hall–Kier alpha value is -0.590. The quantitative estimate of drug-likeness (QED) is 0.547. The van der Waals surface area contributed by atoms with E-state index < -0.39 is 0 Å². The Labute approximate surface area is 62.1 Å². The Morgan fingerprint density at radius 1 is 1.60 bits per heavy atom. The van der Waals surface area contributed by atoms with Crippen LogP contribution in [0.1, 0.15) is 39.0 Å². The molecule has 1 heteroatoms. The van der Waals surface area contributed by atoms with Gasteiger partial charge >= 0.3 is 0 Å². The molecule has 0 aromatic carbocycles. The van der Waals surface area contributed by atoms with Gasteiger partial charge in [0, 0.05) is 6.42 Å². The van der Waals surface area contributed by atoms with Crippen LogP contribution in [0.3, 0.4) is 0 Å². The van der Waals surface area contributed by atoms with Gasteiger partial charge in [-0.2, -0.15) is 0 Å². The number of carbonyl (C=O) groups excluding carboxylic acids is 1. The number of ketones is 1. The zero-order valence-corrected chi connectivity index (χ0v) is 6.52. The zero-order chi connectivity index (χ0) is 7.40. The van der Waals surface area contributed by atoms with Crippen molar-refractivity contribution in [1.82, 2.24) is 0 Å². The molecule has 1 rings (SSSR count). The van der Waals surface area contributed by atoms with E-state index in [-0.39, 0.29) is 0 Å². The Bertz CT molecular complexity index is 150. The summed E-state index contributed by atoms with van der Waals surface area (Å²) in [4.78, 5) is 11.0. The molecule has 56 valence electrons. The van der Waals surface area contributed by atoms with Crippen LogP contribution in [0.2, 0.25) is 0 Å². The van der Waals surface area contributed by atoms with E-state index in [0.29, 0.717) is 5.78 Å². The van der Waals surface area contributed by atoms with Gasteiger partial charge < -0.3 is 0 Å². The minimum atomic E-state index is 0.317. The Balaban J connectivity index is 2.28. The van der Waals surface area contributed by atoms with E-state index in [1.54, 1.807) is 0 Å². The van der Waals surface area contributed by atoms with Gasteiger partial charge in [-0.05, 0) is 31.8 Å². The van der Waals surface area contributed by atoms with E-state index in [2.05, 4.69) is 0 Å². The highest BCUT2D eigenvalue weighted by Crippen LogP contribution is 2.25. The predicted molar refractivity (Wildman–Crippen MR) is 41.8 cm³/mol. The van der Waals surface area contributed by atoms with Crippen LogP contribution in [-0.4, -0.2) is 5.78 Å². The fraction of sp³-hybridized carbons (Fsp3) is 0.667. The zero-order valence-electron chi connectivity index (χ0n) is 6.52. The molecule has 0 radical (unpaired) electrons. The second kappa shape index (κ2) is 3.55. The first-order valence-corrected chi connectivity index (χ1v) is 4.05. The van der Waals surface area contributed by atoms with Gasteiger partial charge in [-0.15, -0.1) is 0 Å². The van der Waals surface area contributed by atoms with Crippen LogP contribution >= 0.6 is 0 Å². The maximum atomic E-state index is 11.0. The molecule has 0 aromatic rings. The predicted octanol–water partition coefficient (Wildman–Crippen LogP) is 2.47. The summed E-state index contributed by atoms with van der Waals surface area (Å²) in [6.45, 7) is 2.04. The van der Waals surface area contributed by atoms with Gasteiger partial charge in [0.25, 0.3) is 0 Å². The van der Waals surface area contributed by atoms with E-state index >= 15 is 0 Å². The third-order valence-corrected chi connectivity index (χ3v) is 1.86. The van der Waals surface area contributed by atoms with Gasteiger partial charge in [-0.25, -0.2) is 0 Å². The summed E-state index contributed by atoms with van der Waals surface area (Å²) in [6, 6.07) is 0. The normalized spacial score (nSPS) is 16.3. The molecule has 0 spiro atoms. The highest BCUT2D eigenvalue weighted by Gasteiger charge is 2.09. The summed E-state index contributed by atoms with van der Waals surface area (Å²) in [5.41, 5.74) is 1.36. The molecule has 1 aliphatic rings. The fourth-order valence-electron chi connectivity index (χ4n) is 1.07. The molecule has 0 aromatic heterocycles. The lowest BCUT2D eigenvalue weighted by Crippen LogP contribution is -2.01. The Kier molecular flexibility index (Phi) is 2.67. The highest BCUT2D eigenvalue weighted by molar-refractivity contribution is 5.90. The second-order valence-corrected chi connectivity index (χ2v) is 2.87. The third-order valence-electron chi connectivity index (χ3n) is 1.86. The molecular formula is C9H14O. The van der Waals surface area contributed by atoms with Crippen molar-refractivity contribution in [3.8, 4) is 0 Å². The SMILES string of the molecule is CCCC(=O)C=C1CCC1. The molecule has 10 heavy (non-hydrogen) atoms. The van der Waals surface area contributed by atoms with Gasteiger partial charge in [0.1, 0.15) is 0 Å². The van der Waals surface area contributed by atoms with Gasteiger partial charge in [-0.3, -0.25) is 4.79 Å². The number of rotatable bonds is 3. The van der Waals surface area contributed by atoms with Crippen LogP contribution in [0.4, 0.5) is 0 Å². The third kappa shape index (κ3) is 1.98. The Morgan fingerprint density at radius 2 is 2.30 bits per heavy atom. The molecule has 0 bridgehead atoms. The number of hydrogen-bond acceptors (Lipinski definition) is 1. The summed E-state index contributed by atoms with van der Waals surface area (Å²) >= 11 is 0. The minimum Gasteiger partial charge on any atom is -0.295 e. The van der Waals surface area contributed by atoms with Gasteiger partial charge in [0.2, 0.25) is 0 Å². The van der Waals surface area contributed by atoms with Crippen LogP contribution in [0.25, 0.3) is 0 Å². The molecule has 0 aliphatic heterocycles. The lowest BCUT2D eigenvalue weighted by molar-refractivity contribution is -0.114. The van der Waals surface area contributed by atoms with Gasteiger partial charge in [0.15, 0.2) is 5.78 Å². The van der Waals surface area contributed by atoms with Crippen molar-refractivity contribution in [2.24, 2.45) is 0 Å². The molecule has 0 atom stereocenters. The monoisotopic (exact) mass is 138 g/mol. The highest BCUT2D eigenvalue weighted by atomic mass is 16.1. The topological polar surface area (TPSA) is 17.1 Å². The van der Waals surface area contributed by atoms with E-state index in [1.807, 2.05) is 13.0 Å². The van der Waals surface area contributed by atoms with Crippen molar-refractivity contribution >= 4 is 5.78 Å². The van der Waals surface area contributed by atoms with Crippen molar-refractivity contribution in [1.29, 1.82) is 0 Å². The van der Waals surface area contributed by atoms with Crippen LogP contribution in [0, 0.1) is 0 Å². The first kappa shape index (κ1) is 7.52. The summed E-state index contributed by atoms with van der Waals surface area (Å²) in [5.74, 6) is 0.317. The van der Waals surface area contributed by atoms with E-state index in [9.17, 15) is 4.79 Å². The number of hydrogen-bond donors (Lipinski definition) is 0. The second-order valence-electron chi connectivity index (χ2n) is 2.87. The lowest BCUT2D eigenvalue weighted by Gasteiger charge is -2.14. The van der Waals surface area contributed by atoms with Crippen molar-refractivity contribution < 1.29 is 4.79 Å². The molecule has 0 unspecified atom stereocenters. The minimum absolute atomic E-state index is 0.317. The van der Waals surface area contributed by atoms with Gasteiger partial charge in [0.05, 0.1) is 0 Å². The van der Waals surface area contributed by atoms with E-state index in [1.165, 1.54) is 12.0 Å². The molecule has 0 N–H and O–H groups in total. The van der Waals surface area contributed by atoms with Crippen molar-refractivity contribution in [2.75, 3.05) is 0 Å². The average molecular weight is 138 g/mol. The summed E-state index contributed by atoms with van der Waals surface area (Å²) in [6.07, 6.45) is 7.15. The molecule has 1 saturated carbocycles. The lowest BCUT2D eigenvalue weighted by atomic mass is 9.91. The molecule has 1 fully saturated rings. The number of allylic oxidation sites excluding steroid dienone is 2. The Morgan fingerprint density at radius 3 is 2.70 bits per heavy atom. The summed E-state index contributed by atoms with van der Waals surface area (Å²) in [5, 5.41) is 0. The standard InChI is InChI=1S/C9H14O/c1-2-4-9(10)7-8-5-3-6-8/h7H,2-6H2,1H3. The number of carbonyl (C=O) groups is 1. The first-order chi connectivity index (χ1) is 4.83. The van der Waals surface area contributed by atoms with Crippen molar-refractivity contribution in [3.05, 3.63) is 11.6 Å². The molecule has 1 nitrogen and oxygen atoms in total. The maximum absolute atomic E-state index is 11.0.